The molecular formula is C21H21F7N6O. The molecular weight excluding hydrogens is 485 g/mol. The van der Waals surface area contributed by atoms with Gasteiger partial charge >= 0.3 is 12.5 Å². The van der Waals surface area contributed by atoms with Crippen LogP contribution in [0.25, 0.3) is 16.8 Å². The van der Waals surface area contributed by atoms with E-state index in [4.69, 9.17) is 0 Å². The highest BCUT2D eigenvalue weighted by Gasteiger charge is 2.36. The normalized spacial score (nSPS) is 19.8. The number of fused-ring (bicyclic) bond motifs is 1. The van der Waals surface area contributed by atoms with Gasteiger partial charge in [-0.1, -0.05) is 6.92 Å². The van der Waals surface area contributed by atoms with Gasteiger partial charge in [-0.05, 0) is 37.7 Å². The number of aromatic nitrogens is 4. The van der Waals surface area contributed by atoms with Crippen LogP contribution in [0.5, 0.6) is 5.75 Å². The molecule has 14 heteroatoms. The number of anilines is 1. The van der Waals surface area contributed by atoms with E-state index in [0.29, 0.717) is 31.4 Å². The Kier molecular flexibility index (Phi) is 6.51. The molecule has 7 nitrogen and oxygen atoms in total. The maximum Gasteiger partial charge on any atom is 0.573 e. The van der Waals surface area contributed by atoms with Crippen LogP contribution in [0.4, 0.5) is 36.7 Å². The standard InChI is InChI=1S/C21H21F7N6O/c1-3-33-9-13(22)8-14(10-33)29-19-31-30-18(16-6-11(2)32-34(16)19)15-5-4-12(20(23,24)25)7-17(15)35-21(26,27)28/h4-7,13-14H,3,8-10H2,1-2H3,(H,29,31)/t13-,14-/m0/s1. The largest absolute Gasteiger partial charge is 0.573 e. The zero-order valence-corrected chi connectivity index (χ0v) is 18.6. The molecule has 1 aliphatic heterocycles. The molecule has 0 unspecified atom stereocenters. The number of nitrogens with one attached hydrogen (secondary N) is 1. The van der Waals surface area contributed by atoms with Crippen molar-refractivity contribution in [2.24, 2.45) is 0 Å². The number of ether oxygens (including phenoxy) is 1. The van der Waals surface area contributed by atoms with Gasteiger partial charge in [0.25, 0.3) is 0 Å². The Morgan fingerprint density at radius 3 is 2.49 bits per heavy atom. The summed E-state index contributed by atoms with van der Waals surface area (Å²) in [6.45, 7) is 5.02. The summed E-state index contributed by atoms with van der Waals surface area (Å²) in [6, 6.07) is 2.91. The number of likely N-dealkylation sites (tertiary alicyclic amines) is 1. The van der Waals surface area contributed by atoms with Gasteiger partial charge < -0.3 is 10.1 Å². The summed E-state index contributed by atoms with van der Waals surface area (Å²) in [7, 11) is 0. The monoisotopic (exact) mass is 506 g/mol. The van der Waals surface area contributed by atoms with Crippen molar-refractivity contribution in [2.45, 2.75) is 45.0 Å². The van der Waals surface area contributed by atoms with E-state index in [2.05, 4.69) is 25.3 Å². The lowest BCUT2D eigenvalue weighted by molar-refractivity contribution is -0.274. The highest BCUT2D eigenvalue weighted by Crippen LogP contribution is 2.40. The second-order valence-corrected chi connectivity index (χ2v) is 8.24. The van der Waals surface area contributed by atoms with Crippen LogP contribution < -0.4 is 10.1 Å². The number of nitrogens with zero attached hydrogens (tertiary/aromatic N) is 5. The highest BCUT2D eigenvalue weighted by atomic mass is 19.4. The molecule has 4 rings (SSSR count). The first kappa shape index (κ1) is 24.9. The molecule has 1 fully saturated rings. The van der Waals surface area contributed by atoms with Gasteiger partial charge in [0.2, 0.25) is 5.95 Å². The van der Waals surface area contributed by atoms with Crippen LogP contribution in [0.15, 0.2) is 24.3 Å². The minimum atomic E-state index is -5.24. The number of rotatable bonds is 5. The van der Waals surface area contributed by atoms with Crippen LogP contribution in [-0.2, 0) is 6.18 Å². The fourth-order valence-electron chi connectivity index (χ4n) is 4.08. The molecule has 0 amide bonds. The van der Waals surface area contributed by atoms with Gasteiger partial charge in [0, 0.05) is 31.1 Å². The number of benzene rings is 1. The number of aryl methyl sites for hydroxylation is 1. The van der Waals surface area contributed by atoms with Crippen molar-refractivity contribution in [3.05, 3.63) is 35.5 Å². The van der Waals surface area contributed by atoms with Crippen LogP contribution in [-0.4, -0.2) is 62.9 Å². The Bertz CT molecular complexity index is 1210. The van der Waals surface area contributed by atoms with Gasteiger partial charge in [-0.3, -0.25) is 4.90 Å². The summed E-state index contributed by atoms with van der Waals surface area (Å²) in [5.74, 6) is -0.952. The lowest BCUT2D eigenvalue weighted by Gasteiger charge is -2.34. The quantitative estimate of drug-likeness (QED) is 0.499. The number of alkyl halides is 7. The third-order valence-corrected chi connectivity index (χ3v) is 5.56. The minimum absolute atomic E-state index is 0.122. The lowest BCUT2D eigenvalue weighted by Crippen LogP contribution is -2.47. The van der Waals surface area contributed by atoms with Crippen molar-refractivity contribution in [3.8, 4) is 17.0 Å². The Morgan fingerprint density at radius 2 is 1.83 bits per heavy atom. The maximum atomic E-state index is 14.1. The predicted octanol–water partition coefficient (Wildman–Crippen LogP) is 4.86. The van der Waals surface area contributed by atoms with Gasteiger partial charge in [-0.25, -0.2) is 4.39 Å². The van der Waals surface area contributed by atoms with Crippen molar-refractivity contribution >= 4 is 11.5 Å². The van der Waals surface area contributed by atoms with Crippen molar-refractivity contribution in [2.75, 3.05) is 25.0 Å². The predicted molar refractivity (Wildman–Crippen MR) is 112 cm³/mol. The van der Waals surface area contributed by atoms with E-state index < -0.39 is 30.0 Å². The molecule has 2 atom stereocenters. The number of likely N-dealkylation sites (N-methyl/N-ethyl adjacent to an activating group) is 1. The highest BCUT2D eigenvalue weighted by molar-refractivity contribution is 5.81. The molecule has 35 heavy (non-hydrogen) atoms. The molecule has 1 saturated heterocycles. The Morgan fingerprint density at radius 1 is 1.09 bits per heavy atom. The van der Waals surface area contributed by atoms with Crippen molar-refractivity contribution in [3.63, 3.8) is 0 Å². The molecule has 0 spiro atoms. The van der Waals surface area contributed by atoms with E-state index in [9.17, 15) is 30.7 Å². The van der Waals surface area contributed by atoms with Crippen LogP contribution in [0.1, 0.15) is 24.6 Å². The molecule has 1 aliphatic rings. The first-order valence-corrected chi connectivity index (χ1v) is 10.7. The average molecular weight is 506 g/mol. The molecule has 2 aromatic heterocycles. The Balaban J connectivity index is 1.77. The zero-order chi connectivity index (χ0) is 25.5. The Labute approximate surface area is 194 Å². The summed E-state index contributed by atoms with van der Waals surface area (Å²) in [5.41, 5.74) is -1.18. The van der Waals surface area contributed by atoms with Gasteiger partial charge in [-0.2, -0.15) is 22.8 Å². The van der Waals surface area contributed by atoms with E-state index in [1.54, 1.807) is 6.92 Å². The SMILES string of the molecule is CCN1C[C@@H](F)C[C@H](Nc2nnc(-c3ccc(C(F)(F)F)cc3OC(F)(F)F)c3cc(C)nn23)C1. The number of piperidine rings is 1. The van der Waals surface area contributed by atoms with Gasteiger partial charge in [0.1, 0.15) is 17.6 Å². The van der Waals surface area contributed by atoms with Crippen molar-refractivity contribution in [1.82, 2.24) is 24.7 Å². The van der Waals surface area contributed by atoms with Crippen molar-refractivity contribution < 1.29 is 35.5 Å². The fraction of sp³-hybridized carbons (Fsp3) is 0.476. The molecule has 0 aliphatic carbocycles. The van der Waals surface area contributed by atoms with E-state index in [-0.39, 0.29) is 41.3 Å². The molecule has 0 radical (unpaired) electrons. The molecule has 0 saturated carbocycles. The zero-order valence-electron chi connectivity index (χ0n) is 18.6. The summed E-state index contributed by atoms with van der Waals surface area (Å²) >= 11 is 0. The van der Waals surface area contributed by atoms with Crippen LogP contribution in [0.3, 0.4) is 0 Å². The Hall–Kier alpha value is -3.16. The molecule has 1 N–H and O–H groups in total. The number of halogens is 7. The van der Waals surface area contributed by atoms with Crippen LogP contribution in [0, 0.1) is 6.92 Å². The second kappa shape index (κ2) is 9.13. The van der Waals surface area contributed by atoms with E-state index >= 15 is 0 Å². The van der Waals surface area contributed by atoms with E-state index in [0.717, 1.165) is 6.07 Å². The van der Waals surface area contributed by atoms with Crippen LogP contribution in [0.2, 0.25) is 0 Å². The summed E-state index contributed by atoms with van der Waals surface area (Å²) in [6.07, 6.45) is -11.0. The van der Waals surface area contributed by atoms with Crippen LogP contribution >= 0.6 is 0 Å². The first-order chi connectivity index (χ1) is 16.3. The molecule has 0 bridgehead atoms. The van der Waals surface area contributed by atoms with Gasteiger partial charge in [0.15, 0.2) is 0 Å². The minimum Gasteiger partial charge on any atom is -0.405 e. The average Bonchev–Trinajstić information content (AvgIpc) is 3.14. The van der Waals surface area contributed by atoms with E-state index in [1.165, 1.54) is 10.6 Å². The lowest BCUT2D eigenvalue weighted by atomic mass is 10.0. The molecule has 190 valence electrons. The van der Waals surface area contributed by atoms with Gasteiger partial charge in [-0.15, -0.1) is 23.4 Å². The number of hydrogen-bond acceptors (Lipinski definition) is 6. The number of hydrogen-bond donors (Lipinski definition) is 1. The summed E-state index contributed by atoms with van der Waals surface area (Å²) in [4.78, 5) is 1.92. The van der Waals surface area contributed by atoms with Crippen molar-refractivity contribution in [1.29, 1.82) is 0 Å². The summed E-state index contributed by atoms with van der Waals surface area (Å²) in [5, 5.41) is 15.4. The fourth-order valence-corrected chi connectivity index (χ4v) is 4.08. The molecule has 3 heterocycles. The molecule has 3 aromatic rings. The maximum absolute atomic E-state index is 14.1. The smallest absolute Gasteiger partial charge is 0.405 e. The van der Waals surface area contributed by atoms with E-state index in [1.807, 2.05) is 11.8 Å². The first-order valence-electron chi connectivity index (χ1n) is 10.7. The molecule has 1 aromatic carbocycles. The topological polar surface area (TPSA) is 67.6 Å². The van der Waals surface area contributed by atoms with Gasteiger partial charge in [0.05, 0.1) is 16.8 Å². The third kappa shape index (κ3) is 5.57. The summed E-state index contributed by atoms with van der Waals surface area (Å²) < 4.78 is 97.7. The third-order valence-electron chi connectivity index (χ3n) is 5.56. The second-order valence-electron chi connectivity index (χ2n) is 8.24.